The van der Waals surface area contributed by atoms with Gasteiger partial charge in [-0.3, -0.25) is 16.0 Å². The van der Waals surface area contributed by atoms with E-state index in [0.29, 0.717) is 11.8 Å². The van der Waals surface area contributed by atoms with Crippen LogP contribution in [0.15, 0.2) is 0 Å². The van der Waals surface area contributed by atoms with Crippen LogP contribution in [-0.2, 0) is 19.4 Å². The molecule has 19 heavy (non-hydrogen) atoms. The molecule has 0 spiro atoms. The van der Waals surface area contributed by atoms with Crippen molar-refractivity contribution in [2.24, 2.45) is 17.7 Å². The topological polar surface area (TPSA) is 55.9 Å². The Morgan fingerprint density at radius 2 is 1.95 bits per heavy atom. The molecule has 110 valence electrons. The van der Waals surface area contributed by atoms with Crippen LogP contribution in [0.3, 0.4) is 0 Å². The quantitative estimate of drug-likeness (QED) is 0.599. The fraction of sp³-hybridized carbons (Fsp3) is 0.786. The summed E-state index contributed by atoms with van der Waals surface area (Å²) in [5.41, 5.74) is 5.01. The maximum absolute atomic E-state index is 6.44. The Balaban J connectivity index is 2.99. The minimum absolute atomic E-state index is 0.212. The molecule has 4 nitrogen and oxygen atoms in total. The monoisotopic (exact) mass is 286 g/mol. The summed E-state index contributed by atoms with van der Waals surface area (Å²) >= 11 is 6.44. The number of aromatic nitrogens is 2. The van der Waals surface area contributed by atoms with Crippen molar-refractivity contribution in [1.82, 2.24) is 15.2 Å². The van der Waals surface area contributed by atoms with Crippen LogP contribution in [0.25, 0.3) is 0 Å². The fourth-order valence-corrected chi connectivity index (χ4v) is 2.63. The lowest BCUT2D eigenvalue weighted by Gasteiger charge is -2.26. The Labute approximate surface area is 121 Å². The van der Waals surface area contributed by atoms with Gasteiger partial charge in [-0.15, -0.1) is 0 Å². The third-order valence-corrected chi connectivity index (χ3v) is 4.44. The molecule has 0 fully saturated rings. The fourth-order valence-electron chi connectivity index (χ4n) is 2.28. The molecule has 0 radical (unpaired) electrons. The summed E-state index contributed by atoms with van der Waals surface area (Å²) in [6.07, 6.45) is 1.68. The van der Waals surface area contributed by atoms with Crippen LogP contribution in [0.2, 0.25) is 5.02 Å². The summed E-state index contributed by atoms with van der Waals surface area (Å²) in [6.45, 7) is 11.6. The van der Waals surface area contributed by atoms with Gasteiger partial charge >= 0.3 is 0 Å². The summed E-state index contributed by atoms with van der Waals surface area (Å²) in [7, 11) is 0. The molecule has 1 rings (SSSR count). The molecule has 0 aromatic carbocycles. The van der Waals surface area contributed by atoms with E-state index in [0.717, 1.165) is 35.8 Å². The molecule has 0 bridgehead atoms. The second kappa shape index (κ2) is 7.27. The number of rotatable bonds is 7. The molecule has 0 saturated heterocycles. The van der Waals surface area contributed by atoms with Crippen LogP contribution in [0, 0.1) is 11.8 Å². The van der Waals surface area contributed by atoms with E-state index in [4.69, 9.17) is 17.4 Å². The van der Waals surface area contributed by atoms with Gasteiger partial charge in [0, 0.05) is 19.0 Å². The normalized spacial score (nSPS) is 14.9. The van der Waals surface area contributed by atoms with E-state index in [9.17, 15) is 0 Å². The average molecular weight is 287 g/mol. The second-order valence-corrected chi connectivity index (χ2v) is 5.84. The number of nitrogens with two attached hydrogens (primary N) is 1. The molecule has 3 N–H and O–H groups in total. The lowest BCUT2D eigenvalue weighted by atomic mass is 9.88. The highest BCUT2D eigenvalue weighted by atomic mass is 35.5. The molecule has 1 aromatic rings. The van der Waals surface area contributed by atoms with Crippen molar-refractivity contribution in [3.63, 3.8) is 0 Å². The number of nitrogens with one attached hydrogen (secondary N) is 1. The lowest BCUT2D eigenvalue weighted by Crippen LogP contribution is -2.43. The van der Waals surface area contributed by atoms with E-state index in [-0.39, 0.29) is 6.04 Å². The molecule has 5 heteroatoms. The van der Waals surface area contributed by atoms with Gasteiger partial charge in [0.1, 0.15) is 0 Å². The molecule has 0 aliphatic carbocycles. The number of halogens is 1. The zero-order valence-electron chi connectivity index (χ0n) is 12.7. The molecule has 0 aliphatic rings. The zero-order chi connectivity index (χ0) is 14.6. The summed E-state index contributed by atoms with van der Waals surface area (Å²) in [5, 5.41) is 5.36. The highest BCUT2D eigenvalue weighted by molar-refractivity contribution is 6.31. The molecule has 2 atom stereocenters. The third kappa shape index (κ3) is 3.71. The van der Waals surface area contributed by atoms with Gasteiger partial charge in [0.15, 0.2) is 0 Å². The van der Waals surface area contributed by atoms with Crippen molar-refractivity contribution in [3.8, 4) is 0 Å². The third-order valence-electron chi connectivity index (χ3n) is 4.01. The Kier molecular flexibility index (Phi) is 6.30. The first-order valence-corrected chi connectivity index (χ1v) is 7.54. The Morgan fingerprint density at radius 1 is 1.32 bits per heavy atom. The maximum atomic E-state index is 6.44. The van der Waals surface area contributed by atoms with Gasteiger partial charge in [-0.05, 0) is 25.2 Å². The van der Waals surface area contributed by atoms with Gasteiger partial charge in [-0.25, -0.2) is 0 Å². The van der Waals surface area contributed by atoms with Crippen LogP contribution in [0.1, 0.15) is 46.0 Å². The Morgan fingerprint density at radius 3 is 2.37 bits per heavy atom. The molecular formula is C14H27ClN4. The smallest absolute Gasteiger partial charge is 0.0850 e. The molecule has 0 saturated carbocycles. The van der Waals surface area contributed by atoms with Crippen molar-refractivity contribution >= 4 is 11.6 Å². The maximum Gasteiger partial charge on any atom is 0.0850 e. The standard InChI is InChI=1S/C14H27ClN4/c1-6-11-14(15)13(19(7-2)18-11)8-12(17-16)10(5)9(3)4/h9-10,12,17H,6-8,16H2,1-5H3. The first-order chi connectivity index (χ1) is 8.96. The van der Waals surface area contributed by atoms with E-state index in [1.807, 2.05) is 4.68 Å². The van der Waals surface area contributed by atoms with E-state index in [1.165, 1.54) is 0 Å². The van der Waals surface area contributed by atoms with Gasteiger partial charge in [0.05, 0.1) is 16.4 Å². The van der Waals surface area contributed by atoms with Crippen LogP contribution < -0.4 is 11.3 Å². The number of hydrogen-bond donors (Lipinski definition) is 2. The first-order valence-electron chi connectivity index (χ1n) is 7.16. The molecule has 1 heterocycles. The SMILES string of the molecule is CCc1nn(CC)c(CC(NN)C(C)C(C)C)c1Cl. The van der Waals surface area contributed by atoms with Crippen LogP contribution >= 0.6 is 11.6 Å². The predicted molar refractivity (Wildman–Crippen MR) is 81.1 cm³/mol. The highest BCUT2D eigenvalue weighted by Crippen LogP contribution is 2.25. The van der Waals surface area contributed by atoms with Crippen LogP contribution in [0.5, 0.6) is 0 Å². The first kappa shape index (κ1) is 16.5. The number of aryl methyl sites for hydroxylation is 2. The van der Waals surface area contributed by atoms with E-state index in [2.05, 4.69) is 45.1 Å². The molecule has 0 aliphatic heterocycles. The van der Waals surface area contributed by atoms with Crippen molar-refractivity contribution in [1.29, 1.82) is 0 Å². The molecule has 2 unspecified atom stereocenters. The minimum atomic E-state index is 0.212. The Hall–Kier alpha value is -0.580. The van der Waals surface area contributed by atoms with Gasteiger partial charge in [-0.1, -0.05) is 39.3 Å². The van der Waals surface area contributed by atoms with Crippen LogP contribution in [-0.4, -0.2) is 15.8 Å². The molecule has 0 amide bonds. The summed E-state index contributed by atoms with van der Waals surface area (Å²) in [5.74, 6) is 6.77. The highest BCUT2D eigenvalue weighted by Gasteiger charge is 2.23. The van der Waals surface area contributed by atoms with E-state index >= 15 is 0 Å². The van der Waals surface area contributed by atoms with Crippen LogP contribution in [0.4, 0.5) is 0 Å². The zero-order valence-corrected chi connectivity index (χ0v) is 13.5. The Bertz CT molecular complexity index is 400. The van der Waals surface area contributed by atoms with Gasteiger partial charge in [-0.2, -0.15) is 5.10 Å². The number of hydrazine groups is 1. The second-order valence-electron chi connectivity index (χ2n) is 5.46. The van der Waals surface area contributed by atoms with Crippen molar-refractivity contribution in [2.75, 3.05) is 0 Å². The van der Waals surface area contributed by atoms with Gasteiger partial charge in [0.25, 0.3) is 0 Å². The number of hydrogen-bond acceptors (Lipinski definition) is 3. The summed E-state index contributed by atoms with van der Waals surface area (Å²) < 4.78 is 2.00. The van der Waals surface area contributed by atoms with Crippen molar-refractivity contribution in [2.45, 2.75) is 60.0 Å². The molecular weight excluding hydrogens is 260 g/mol. The van der Waals surface area contributed by atoms with Gasteiger partial charge in [0.2, 0.25) is 0 Å². The lowest BCUT2D eigenvalue weighted by molar-refractivity contribution is 0.295. The summed E-state index contributed by atoms with van der Waals surface area (Å²) in [6, 6.07) is 0.212. The largest absolute Gasteiger partial charge is 0.271 e. The van der Waals surface area contributed by atoms with Gasteiger partial charge < -0.3 is 0 Å². The van der Waals surface area contributed by atoms with Crippen molar-refractivity contribution < 1.29 is 0 Å². The predicted octanol–water partition coefficient (Wildman–Crippen LogP) is 2.79. The summed E-state index contributed by atoms with van der Waals surface area (Å²) in [4.78, 5) is 0. The van der Waals surface area contributed by atoms with Crippen molar-refractivity contribution in [3.05, 3.63) is 16.4 Å². The van der Waals surface area contributed by atoms with E-state index < -0.39 is 0 Å². The number of nitrogens with zero attached hydrogens (tertiary/aromatic N) is 2. The average Bonchev–Trinajstić information content (AvgIpc) is 2.71. The van der Waals surface area contributed by atoms with E-state index in [1.54, 1.807) is 0 Å². The minimum Gasteiger partial charge on any atom is -0.271 e. The molecule has 1 aromatic heterocycles.